The summed E-state index contributed by atoms with van der Waals surface area (Å²) in [6.07, 6.45) is 0.960. The van der Waals surface area contributed by atoms with Crippen molar-refractivity contribution in [2.45, 2.75) is 13.0 Å². The summed E-state index contributed by atoms with van der Waals surface area (Å²) in [5, 5.41) is 19.8. The van der Waals surface area contributed by atoms with Gasteiger partial charge in [0.05, 0.1) is 24.7 Å². The Morgan fingerprint density at radius 2 is 2.39 bits per heavy atom. The zero-order valence-electron chi connectivity index (χ0n) is 9.87. The van der Waals surface area contributed by atoms with E-state index >= 15 is 0 Å². The van der Waals surface area contributed by atoms with Crippen molar-refractivity contribution in [3.63, 3.8) is 0 Å². The van der Waals surface area contributed by atoms with Crippen molar-refractivity contribution in [3.8, 4) is 5.75 Å². The Balaban J connectivity index is 2.04. The topological polar surface area (TPSA) is 81.8 Å². The summed E-state index contributed by atoms with van der Waals surface area (Å²) in [6.45, 7) is 1.66. The maximum atomic E-state index is 10.6. The fourth-order valence-corrected chi connectivity index (χ4v) is 1.87. The lowest BCUT2D eigenvalue weighted by Crippen LogP contribution is -2.12. The Kier molecular flexibility index (Phi) is 4.11. The summed E-state index contributed by atoms with van der Waals surface area (Å²) in [5.74, 6) is 0.849. The van der Waals surface area contributed by atoms with Crippen LogP contribution < -0.4 is 4.74 Å². The van der Waals surface area contributed by atoms with Crippen LogP contribution in [0, 0.1) is 16.0 Å². The SMILES string of the molecule is O=[N+]([O-])c1ccc(OCC2CCOC2)c(CO)c1. The third-order valence-electron chi connectivity index (χ3n) is 2.92. The van der Waals surface area contributed by atoms with Crippen molar-refractivity contribution in [2.24, 2.45) is 5.92 Å². The van der Waals surface area contributed by atoms with Gasteiger partial charge in [-0.15, -0.1) is 0 Å². The van der Waals surface area contributed by atoms with E-state index < -0.39 is 4.92 Å². The minimum atomic E-state index is -0.492. The molecule has 1 heterocycles. The van der Waals surface area contributed by atoms with Gasteiger partial charge in [-0.3, -0.25) is 10.1 Å². The van der Waals surface area contributed by atoms with Crippen molar-refractivity contribution in [1.82, 2.24) is 0 Å². The van der Waals surface area contributed by atoms with E-state index in [4.69, 9.17) is 9.47 Å². The molecule has 98 valence electrons. The number of benzene rings is 1. The highest BCUT2D eigenvalue weighted by atomic mass is 16.6. The highest BCUT2D eigenvalue weighted by Crippen LogP contribution is 2.25. The Bertz CT molecular complexity index is 428. The molecule has 0 aliphatic carbocycles. The van der Waals surface area contributed by atoms with Gasteiger partial charge in [0, 0.05) is 30.2 Å². The maximum Gasteiger partial charge on any atom is 0.270 e. The maximum absolute atomic E-state index is 10.6. The highest BCUT2D eigenvalue weighted by Gasteiger charge is 2.17. The molecule has 0 bridgehead atoms. The molecule has 1 N–H and O–H groups in total. The van der Waals surface area contributed by atoms with E-state index in [-0.39, 0.29) is 12.3 Å². The lowest BCUT2D eigenvalue weighted by atomic mass is 10.1. The third kappa shape index (κ3) is 2.96. The first-order chi connectivity index (χ1) is 8.70. The smallest absolute Gasteiger partial charge is 0.270 e. The second-order valence-corrected chi connectivity index (χ2v) is 4.25. The second kappa shape index (κ2) is 5.79. The number of hydrogen-bond acceptors (Lipinski definition) is 5. The number of nitro groups is 1. The zero-order valence-corrected chi connectivity index (χ0v) is 9.87. The monoisotopic (exact) mass is 253 g/mol. The van der Waals surface area contributed by atoms with E-state index in [9.17, 15) is 15.2 Å². The Morgan fingerprint density at radius 1 is 1.56 bits per heavy atom. The van der Waals surface area contributed by atoms with E-state index in [2.05, 4.69) is 0 Å². The molecule has 0 spiro atoms. The number of nitro benzene ring substituents is 1. The molecule has 1 unspecified atom stereocenters. The average molecular weight is 253 g/mol. The minimum Gasteiger partial charge on any atom is -0.493 e. The lowest BCUT2D eigenvalue weighted by molar-refractivity contribution is -0.385. The molecule has 1 aliphatic heterocycles. The molecule has 0 aromatic heterocycles. The first-order valence-electron chi connectivity index (χ1n) is 5.79. The second-order valence-electron chi connectivity index (χ2n) is 4.25. The minimum absolute atomic E-state index is 0.0457. The van der Waals surface area contributed by atoms with E-state index in [1.807, 2.05) is 0 Å². The van der Waals surface area contributed by atoms with E-state index in [1.54, 1.807) is 0 Å². The standard InChI is InChI=1S/C12H15NO5/c14-6-10-5-11(13(15)16)1-2-12(10)18-8-9-3-4-17-7-9/h1-2,5,9,14H,3-4,6-8H2. The fourth-order valence-electron chi connectivity index (χ4n) is 1.87. The van der Waals surface area contributed by atoms with Gasteiger partial charge in [-0.2, -0.15) is 0 Å². The molecule has 1 atom stereocenters. The average Bonchev–Trinajstić information content (AvgIpc) is 2.89. The molecule has 1 aliphatic rings. The van der Waals surface area contributed by atoms with E-state index in [0.717, 1.165) is 13.0 Å². The van der Waals surface area contributed by atoms with Gasteiger partial charge in [0.25, 0.3) is 5.69 Å². The van der Waals surface area contributed by atoms with E-state index in [0.29, 0.717) is 30.4 Å². The van der Waals surface area contributed by atoms with Crippen LogP contribution in [0.1, 0.15) is 12.0 Å². The molecule has 1 aromatic rings. The number of rotatable bonds is 5. The van der Waals surface area contributed by atoms with Crippen molar-refractivity contribution < 1.29 is 19.5 Å². The van der Waals surface area contributed by atoms with Crippen LogP contribution in [0.25, 0.3) is 0 Å². The van der Waals surface area contributed by atoms with Gasteiger partial charge in [0.1, 0.15) is 5.75 Å². The first kappa shape index (κ1) is 12.8. The summed E-state index contributed by atoms with van der Waals surface area (Å²) in [4.78, 5) is 10.1. The molecule has 6 nitrogen and oxygen atoms in total. The van der Waals surface area contributed by atoms with Crippen LogP contribution in [0.5, 0.6) is 5.75 Å². The van der Waals surface area contributed by atoms with Gasteiger partial charge in [-0.25, -0.2) is 0 Å². The summed E-state index contributed by atoms with van der Waals surface area (Å²) in [6, 6.07) is 4.24. The summed E-state index contributed by atoms with van der Waals surface area (Å²) < 4.78 is 10.8. The van der Waals surface area contributed by atoms with Crippen LogP contribution >= 0.6 is 0 Å². The highest BCUT2D eigenvalue weighted by molar-refractivity contribution is 5.43. The molecule has 1 aromatic carbocycles. The predicted octanol–water partition coefficient (Wildman–Crippen LogP) is 1.50. The number of ether oxygens (including phenoxy) is 2. The van der Waals surface area contributed by atoms with Gasteiger partial charge in [0.15, 0.2) is 0 Å². The molecule has 1 fully saturated rings. The summed E-state index contributed by atoms with van der Waals surface area (Å²) in [5.41, 5.74) is 0.388. The molecule has 0 amide bonds. The zero-order chi connectivity index (χ0) is 13.0. The normalized spacial score (nSPS) is 18.8. The van der Waals surface area contributed by atoms with Crippen LogP contribution in [-0.4, -0.2) is 29.9 Å². The largest absolute Gasteiger partial charge is 0.493 e. The molecule has 0 radical (unpaired) electrons. The van der Waals surface area contributed by atoms with Crippen molar-refractivity contribution in [3.05, 3.63) is 33.9 Å². The van der Waals surface area contributed by atoms with Gasteiger partial charge in [-0.05, 0) is 12.5 Å². The molecule has 6 heteroatoms. The number of non-ortho nitro benzene ring substituents is 1. The quantitative estimate of drug-likeness (QED) is 0.635. The van der Waals surface area contributed by atoms with Crippen LogP contribution in [0.15, 0.2) is 18.2 Å². The summed E-state index contributed by atoms with van der Waals surface area (Å²) >= 11 is 0. The van der Waals surface area contributed by atoms with Crippen molar-refractivity contribution >= 4 is 5.69 Å². The fraction of sp³-hybridized carbons (Fsp3) is 0.500. The number of hydrogen-bond donors (Lipinski definition) is 1. The van der Waals surface area contributed by atoms with Crippen LogP contribution in [0.4, 0.5) is 5.69 Å². The van der Waals surface area contributed by atoms with Gasteiger partial charge in [-0.1, -0.05) is 0 Å². The van der Waals surface area contributed by atoms with Gasteiger partial charge >= 0.3 is 0 Å². The van der Waals surface area contributed by atoms with Crippen molar-refractivity contribution in [2.75, 3.05) is 19.8 Å². The predicted molar refractivity (Wildman–Crippen MR) is 63.4 cm³/mol. The van der Waals surface area contributed by atoms with Crippen LogP contribution in [-0.2, 0) is 11.3 Å². The molecular weight excluding hydrogens is 238 g/mol. The number of nitrogens with zero attached hydrogens (tertiary/aromatic N) is 1. The molecular formula is C12H15NO5. The van der Waals surface area contributed by atoms with E-state index in [1.165, 1.54) is 18.2 Å². The lowest BCUT2D eigenvalue weighted by Gasteiger charge is -2.12. The molecule has 18 heavy (non-hydrogen) atoms. The summed E-state index contributed by atoms with van der Waals surface area (Å²) in [7, 11) is 0. The first-order valence-corrected chi connectivity index (χ1v) is 5.79. The van der Waals surface area contributed by atoms with Crippen LogP contribution in [0.2, 0.25) is 0 Å². The molecule has 1 saturated heterocycles. The Labute approximate surface area is 104 Å². The molecule has 0 saturated carbocycles. The van der Waals surface area contributed by atoms with Crippen molar-refractivity contribution in [1.29, 1.82) is 0 Å². The Morgan fingerprint density at radius 3 is 3.00 bits per heavy atom. The van der Waals surface area contributed by atoms with Crippen LogP contribution in [0.3, 0.4) is 0 Å². The third-order valence-corrected chi connectivity index (χ3v) is 2.92. The molecule has 2 rings (SSSR count). The number of aliphatic hydroxyl groups excluding tert-OH is 1. The number of aliphatic hydroxyl groups is 1. The van der Waals surface area contributed by atoms with Gasteiger partial charge < -0.3 is 14.6 Å². The Hall–Kier alpha value is -1.66. The van der Waals surface area contributed by atoms with Gasteiger partial charge in [0.2, 0.25) is 0 Å².